The first-order valence-corrected chi connectivity index (χ1v) is 6.26. The summed E-state index contributed by atoms with van der Waals surface area (Å²) in [5, 5.41) is 3.22. The second-order valence-corrected chi connectivity index (χ2v) is 5.38. The third kappa shape index (κ3) is 3.40. The monoisotopic (exact) mass is 269 g/mol. The minimum Gasteiger partial charge on any atom is -0.375 e. The number of halogens is 1. The SMILES string of the molecule is CC1(C)CC(NC(=O)c2cnc(Cl)cn2)CCO1. The molecule has 1 atom stereocenters. The van der Waals surface area contributed by atoms with Crippen LogP contribution in [-0.2, 0) is 4.74 Å². The summed E-state index contributed by atoms with van der Waals surface area (Å²) in [6.07, 6.45) is 4.35. The fourth-order valence-electron chi connectivity index (χ4n) is 2.04. The smallest absolute Gasteiger partial charge is 0.271 e. The highest BCUT2D eigenvalue weighted by Crippen LogP contribution is 2.23. The van der Waals surface area contributed by atoms with Gasteiger partial charge in [-0.3, -0.25) is 4.79 Å². The summed E-state index contributed by atoms with van der Waals surface area (Å²) in [4.78, 5) is 19.7. The standard InChI is InChI=1S/C12H16ClN3O2/c1-12(2)5-8(3-4-18-12)16-11(17)9-6-15-10(13)7-14-9/h6-8H,3-5H2,1-2H3,(H,16,17). The van der Waals surface area contributed by atoms with Gasteiger partial charge in [0.2, 0.25) is 0 Å². The Bertz CT molecular complexity index is 433. The lowest BCUT2D eigenvalue weighted by Crippen LogP contribution is -2.46. The molecule has 1 saturated heterocycles. The summed E-state index contributed by atoms with van der Waals surface area (Å²) in [6.45, 7) is 4.70. The number of aromatic nitrogens is 2. The zero-order chi connectivity index (χ0) is 13.2. The first-order valence-electron chi connectivity index (χ1n) is 5.89. The van der Waals surface area contributed by atoms with Crippen molar-refractivity contribution in [2.24, 2.45) is 0 Å². The van der Waals surface area contributed by atoms with Crippen molar-refractivity contribution < 1.29 is 9.53 Å². The van der Waals surface area contributed by atoms with Crippen molar-refractivity contribution in [3.8, 4) is 0 Å². The zero-order valence-corrected chi connectivity index (χ0v) is 11.2. The molecule has 1 aromatic rings. The van der Waals surface area contributed by atoms with E-state index in [2.05, 4.69) is 15.3 Å². The van der Waals surface area contributed by atoms with E-state index in [4.69, 9.17) is 16.3 Å². The van der Waals surface area contributed by atoms with Crippen LogP contribution in [0.15, 0.2) is 12.4 Å². The maximum absolute atomic E-state index is 11.9. The average Bonchev–Trinajstić information content (AvgIpc) is 2.28. The minimum atomic E-state index is -0.220. The first-order chi connectivity index (χ1) is 8.46. The number of carbonyl (C=O) groups excluding carboxylic acids is 1. The highest BCUT2D eigenvalue weighted by Gasteiger charge is 2.29. The molecule has 0 radical (unpaired) electrons. The van der Waals surface area contributed by atoms with E-state index >= 15 is 0 Å². The predicted molar refractivity (Wildman–Crippen MR) is 67.6 cm³/mol. The van der Waals surface area contributed by atoms with Gasteiger partial charge in [-0.05, 0) is 26.7 Å². The molecule has 18 heavy (non-hydrogen) atoms. The Morgan fingerprint density at radius 1 is 1.50 bits per heavy atom. The molecule has 1 aliphatic heterocycles. The van der Waals surface area contributed by atoms with Crippen LogP contribution < -0.4 is 5.32 Å². The third-order valence-corrected chi connectivity index (χ3v) is 3.08. The van der Waals surface area contributed by atoms with E-state index in [-0.39, 0.29) is 28.4 Å². The molecule has 6 heteroatoms. The molecule has 1 amide bonds. The van der Waals surface area contributed by atoms with Gasteiger partial charge in [-0.25, -0.2) is 9.97 Å². The summed E-state index contributed by atoms with van der Waals surface area (Å²) in [5.74, 6) is -0.220. The van der Waals surface area contributed by atoms with Crippen LogP contribution >= 0.6 is 11.6 Å². The van der Waals surface area contributed by atoms with Gasteiger partial charge in [-0.15, -0.1) is 0 Å². The first kappa shape index (κ1) is 13.2. The lowest BCUT2D eigenvalue weighted by Gasteiger charge is -2.35. The maximum atomic E-state index is 11.9. The molecule has 0 aliphatic carbocycles. The van der Waals surface area contributed by atoms with Crippen LogP contribution in [0.4, 0.5) is 0 Å². The Morgan fingerprint density at radius 3 is 2.89 bits per heavy atom. The van der Waals surface area contributed by atoms with Gasteiger partial charge >= 0.3 is 0 Å². The van der Waals surface area contributed by atoms with Gasteiger partial charge in [0.25, 0.3) is 5.91 Å². The molecule has 1 aliphatic rings. The maximum Gasteiger partial charge on any atom is 0.271 e. The number of nitrogens with one attached hydrogen (secondary N) is 1. The van der Waals surface area contributed by atoms with Crippen LogP contribution in [0.2, 0.25) is 5.15 Å². The molecule has 0 aromatic carbocycles. The van der Waals surface area contributed by atoms with Crippen LogP contribution in [0.5, 0.6) is 0 Å². The lowest BCUT2D eigenvalue weighted by atomic mass is 9.94. The van der Waals surface area contributed by atoms with Crippen molar-refractivity contribution in [1.29, 1.82) is 0 Å². The van der Waals surface area contributed by atoms with Crippen LogP contribution in [0, 0.1) is 0 Å². The number of hydrogen-bond acceptors (Lipinski definition) is 4. The molecular formula is C12H16ClN3O2. The molecule has 2 rings (SSSR count). The zero-order valence-electron chi connectivity index (χ0n) is 10.4. The van der Waals surface area contributed by atoms with Gasteiger partial charge in [0.05, 0.1) is 18.0 Å². The Labute approximate surface area is 111 Å². The molecule has 98 valence electrons. The summed E-state index contributed by atoms with van der Waals surface area (Å²) < 4.78 is 5.60. The van der Waals surface area contributed by atoms with Crippen LogP contribution in [0.3, 0.4) is 0 Å². The minimum absolute atomic E-state index is 0.110. The van der Waals surface area contributed by atoms with E-state index in [0.29, 0.717) is 6.61 Å². The number of amides is 1. The molecule has 1 N–H and O–H groups in total. The molecule has 0 spiro atoms. The Kier molecular flexibility index (Phi) is 3.82. The van der Waals surface area contributed by atoms with Crippen LogP contribution in [-0.4, -0.2) is 34.1 Å². The van der Waals surface area contributed by atoms with Crippen molar-refractivity contribution in [1.82, 2.24) is 15.3 Å². The number of ether oxygens (including phenoxy) is 1. The molecule has 2 heterocycles. The summed E-state index contributed by atoms with van der Waals surface area (Å²) in [5.41, 5.74) is 0.0886. The fourth-order valence-corrected chi connectivity index (χ4v) is 2.14. The Morgan fingerprint density at radius 2 is 2.28 bits per heavy atom. The normalized spacial score (nSPS) is 22.5. The number of rotatable bonds is 2. The quantitative estimate of drug-likeness (QED) is 0.889. The second kappa shape index (κ2) is 5.20. The number of nitrogens with zero attached hydrogens (tertiary/aromatic N) is 2. The van der Waals surface area contributed by atoms with E-state index in [1.54, 1.807) is 0 Å². The molecule has 1 unspecified atom stereocenters. The van der Waals surface area contributed by atoms with Crippen molar-refractivity contribution in [2.75, 3.05) is 6.61 Å². The van der Waals surface area contributed by atoms with E-state index in [9.17, 15) is 4.79 Å². The number of carbonyl (C=O) groups is 1. The van der Waals surface area contributed by atoms with E-state index in [1.165, 1.54) is 12.4 Å². The Balaban J connectivity index is 1.97. The van der Waals surface area contributed by atoms with Crippen LogP contribution in [0.25, 0.3) is 0 Å². The van der Waals surface area contributed by atoms with E-state index < -0.39 is 0 Å². The van der Waals surface area contributed by atoms with Crippen molar-refractivity contribution in [3.05, 3.63) is 23.2 Å². The summed E-state index contributed by atoms with van der Waals surface area (Å²) in [7, 11) is 0. The molecule has 1 aromatic heterocycles. The third-order valence-electron chi connectivity index (χ3n) is 2.89. The van der Waals surface area contributed by atoms with Crippen molar-refractivity contribution >= 4 is 17.5 Å². The molecule has 0 bridgehead atoms. The van der Waals surface area contributed by atoms with Gasteiger partial charge in [-0.2, -0.15) is 0 Å². The Hall–Kier alpha value is -1.20. The van der Waals surface area contributed by atoms with Gasteiger partial charge in [0, 0.05) is 12.6 Å². The second-order valence-electron chi connectivity index (χ2n) is 5.00. The topological polar surface area (TPSA) is 64.1 Å². The predicted octanol–water partition coefficient (Wildman–Crippen LogP) is 1.82. The largest absolute Gasteiger partial charge is 0.375 e. The van der Waals surface area contributed by atoms with Crippen molar-refractivity contribution in [2.45, 2.75) is 38.3 Å². The van der Waals surface area contributed by atoms with Gasteiger partial charge in [-0.1, -0.05) is 11.6 Å². The lowest BCUT2D eigenvalue weighted by molar-refractivity contribution is -0.0615. The van der Waals surface area contributed by atoms with E-state index in [1.807, 2.05) is 13.8 Å². The molecule has 1 fully saturated rings. The highest BCUT2D eigenvalue weighted by molar-refractivity contribution is 6.29. The van der Waals surface area contributed by atoms with E-state index in [0.717, 1.165) is 12.8 Å². The molecule has 5 nitrogen and oxygen atoms in total. The molecular weight excluding hydrogens is 254 g/mol. The van der Waals surface area contributed by atoms with Gasteiger partial charge < -0.3 is 10.1 Å². The summed E-state index contributed by atoms with van der Waals surface area (Å²) in [6, 6.07) is 0.110. The number of hydrogen-bond donors (Lipinski definition) is 1. The van der Waals surface area contributed by atoms with Gasteiger partial charge in [0.15, 0.2) is 0 Å². The fraction of sp³-hybridized carbons (Fsp3) is 0.583. The summed E-state index contributed by atoms with van der Waals surface area (Å²) >= 11 is 5.62. The van der Waals surface area contributed by atoms with Crippen molar-refractivity contribution in [3.63, 3.8) is 0 Å². The average molecular weight is 270 g/mol. The highest BCUT2D eigenvalue weighted by atomic mass is 35.5. The molecule has 0 saturated carbocycles. The van der Waals surface area contributed by atoms with Crippen LogP contribution in [0.1, 0.15) is 37.2 Å². The van der Waals surface area contributed by atoms with Gasteiger partial charge in [0.1, 0.15) is 10.8 Å².